The molecule has 139 heavy (non-hydrogen) atoms. The second-order valence-electron chi connectivity index (χ2n) is 35.5. The molecule has 9 aromatic rings. The van der Waals surface area contributed by atoms with Gasteiger partial charge in [0.1, 0.15) is 34.9 Å². The SMILES string of the molecule is C.CC1(C)OB(C2=CCC3(CC2)OCCO3)OC1(C)C.Cc1ccc(S(=O)(=O)NN)cc1.Cc1ccc(S(=O)(=O)NN=C2CCC(c3ccc(F)c(Cl)c3)CC2)cc1.Fc1ccc(C2=CCC3(CC2)OCCO3)cc1Cl.Fc1ccc(C2CCC3(CC2)OCCO3)cc1Cl.Fc1ccc(I)cc1Cl.O=C(O)C(F)(F)F.O=C1CCC(c2ccc(F)c(Cl)c2)CC1.O=Cc1c(C2CC2)ccn2cncc12. The molecule has 0 unspecified atom stereocenters. The van der Waals surface area contributed by atoms with E-state index < -0.39 is 43.8 Å². The number of hydrazone groups is 1. The Balaban J connectivity index is 0.000000164. The number of aldehydes is 1. The maximum Gasteiger partial charge on any atom is 0.490 e. The zero-order chi connectivity index (χ0) is 100. The molecule has 6 heterocycles. The van der Waals surface area contributed by atoms with Crippen LogP contribution in [-0.2, 0) is 67.4 Å². The highest BCUT2D eigenvalue weighted by Gasteiger charge is 2.54. The summed E-state index contributed by atoms with van der Waals surface area (Å²) in [6.45, 7) is 16.3. The van der Waals surface area contributed by atoms with Gasteiger partial charge < -0.3 is 47.2 Å². The number of allylic oxidation sites excluding steroid dienone is 2. The van der Waals surface area contributed by atoms with Crippen molar-refractivity contribution in [3.63, 3.8) is 0 Å². The summed E-state index contributed by atoms with van der Waals surface area (Å²) in [5.41, 5.74) is 11.8. The van der Waals surface area contributed by atoms with E-state index in [1.165, 1.54) is 71.9 Å². The zero-order valence-corrected chi connectivity index (χ0v) is 84.3. The monoisotopic (exact) mass is 2180 g/mol. The number of alkyl halides is 3. The minimum atomic E-state index is -5.08. The first-order valence-electron chi connectivity index (χ1n) is 45.0. The molecule has 19 rings (SSSR count). The van der Waals surface area contributed by atoms with E-state index in [-0.39, 0.29) is 101 Å². The molecule has 22 nitrogen and oxygen atoms in total. The molecule has 752 valence electrons. The number of Topliss-reactive ketones (excluding diaryl/α,β-unsaturated/α-hetero) is 1. The number of benzene rings is 7. The lowest BCUT2D eigenvalue weighted by molar-refractivity contribution is -0.192. The number of aliphatic carboxylic acids is 1. The van der Waals surface area contributed by atoms with Gasteiger partial charge in [-0.05, 0) is 301 Å². The number of carboxylic acids is 1. The van der Waals surface area contributed by atoms with Gasteiger partial charge in [0.15, 0.2) is 23.6 Å². The summed E-state index contributed by atoms with van der Waals surface area (Å²) < 4.78 is 192. The van der Waals surface area contributed by atoms with Gasteiger partial charge in [-0.1, -0.05) is 137 Å². The number of fused-ring (bicyclic) bond motifs is 1. The van der Waals surface area contributed by atoms with Gasteiger partial charge in [0, 0.05) is 72.4 Å². The third-order valence-corrected chi connectivity index (χ3v) is 29.9. The summed E-state index contributed by atoms with van der Waals surface area (Å²) in [5.74, 6) is 1.09. The first kappa shape index (κ1) is 113. The number of nitrogens with zero attached hydrogens (tertiary/aromatic N) is 3. The highest BCUT2D eigenvalue weighted by atomic mass is 127. The molecule has 0 amide bonds. The molecule has 2 aromatic heterocycles. The predicted octanol–water partition coefficient (Wildman–Crippen LogP) is 25.2. The van der Waals surface area contributed by atoms with Crippen LogP contribution in [-0.4, -0.2) is 137 Å². The fourth-order valence-corrected chi connectivity index (χ4v) is 19.6. The van der Waals surface area contributed by atoms with Crippen LogP contribution in [0.2, 0.25) is 25.1 Å². The van der Waals surface area contributed by atoms with Crippen LogP contribution in [0.3, 0.4) is 0 Å². The van der Waals surface area contributed by atoms with Crippen LogP contribution in [0.15, 0.2) is 197 Å². The quantitative estimate of drug-likeness (QED) is 0.0168. The standard InChI is InChI=1S/C19H20ClFN2O2S.C14H23BO4.C14H16ClFO2.C14H14ClFO2.C12H12ClFO.C11H10N2O.C7H10N2O2S.C6H3ClFI.C2HF3O2.CH4/c1-13-2-9-17(10-3-13)26(24,25)23-22-16-7-4-14(5-8-16)15-6-11-19(21)18(20)12-15;1-12(2)13(3,4)19-15(18-12)11-5-7-14(8-6-11)16-9-10-17-14;2*15-12-9-11(1-2-13(12)16)10-3-5-14(6-4-10)17-7-8-18-14;13-11-7-9(3-6-12(11)14)8-1-4-10(15)5-2-8;14-6-10-9(8-1-2-8)3-4-13-7-12-5-11(10)13;1-6-2-4-7(5-3-6)12(10,11)9-8;7-5-3-4(9)1-2-6(5)8;3-2(4,5)1(6)7;/h2-3,6,9-12,14,23H,4-5,7-8H2,1H3;5H,6-10H2,1-4H3;1-2,9-10H,3-8H2;1-3,9H,4-8H2;3,6-8H,1-2,4-5H2;3-8H,1-2H2;2-5,9H,8H2,1H3;1-3H;(H,6,7);1H4. The van der Waals surface area contributed by atoms with Gasteiger partial charge in [-0.15, -0.1) is 0 Å². The third-order valence-electron chi connectivity index (χ3n) is 25.4. The molecule has 4 saturated carbocycles. The zero-order valence-electron chi connectivity index (χ0n) is 76.7. The molecule has 4 aliphatic heterocycles. The van der Waals surface area contributed by atoms with Crippen LogP contribution in [0.1, 0.15) is 237 Å². The van der Waals surface area contributed by atoms with Crippen LogP contribution in [0.5, 0.6) is 0 Å². The van der Waals surface area contributed by atoms with E-state index in [0.717, 1.165) is 150 Å². The maximum atomic E-state index is 13.3. The predicted molar refractivity (Wildman–Crippen MR) is 530 cm³/mol. The van der Waals surface area contributed by atoms with Crippen LogP contribution >= 0.6 is 80.6 Å². The molecule has 5 N–H and O–H groups in total. The molecule has 0 radical (unpaired) electrons. The average molecular weight is 2190 g/mol. The van der Waals surface area contributed by atoms with Gasteiger partial charge in [-0.25, -0.2) is 45.0 Å². The summed E-state index contributed by atoms with van der Waals surface area (Å²) in [7, 11) is -7.36. The fourth-order valence-electron chi connectivity index (χ4n) is 16.5. The van der Waals surface area contributed by atoms with Gasteiger partial charge in [-0.2, -0.15) is 31.5 Å². The molecule has 0 atom stereocenters. The summed E-state index contributed by atoms with van der Waals surface area (Å²) in [6, 6.07) is 39.2. The van der Waals surface area contributed by atoms with Crippen molar-refractivity contribution in [1.29, 1.82) is 0 Å². The lowest BCUT2D eigenvalue weighted by Gasteiger charge is -2.35. The Hall–Kier alpha value is -7.83. The summed E-state index contributed by atoms with van der Waals surface area (Å²) in [4.78, 5) is 39.5. The molecule has 39 heteroatoms. The van der Waals surface area contributed by atoms with Crippen molar-refractivity contribution in [2.75, 3.05) is 39.6 Å². The third kappa shape index (κ3) is 32.1. The minimum absolute atomic E-state index is 0. The van der Waals surface area contributed by atoms with E-state index in [9.17, 15) is 61.5 Å². The Morgan fingerprint density at radius 3 is 1.35 bits per heavy atom. The van der Waals surface area contributed by atoms with Gasteiger partial charge in [0.25, 0.3) is 20.0 Å². The molecule has 8 fully saturated rings. The van der Waals surface area contributed by atoms with E-state index in [1.807, 2.05) is 36.6 Å². The number of hydrazine groups is 1. The number of hydrogen-bond acceptors (Lipinski definition) is 18. The van der Waals surface area contributed by atoms with Crippen molar-refractivity contribution in [2.45, 2.75) is 246 Å². The highest BCUT2D eigenvalue weighted by Crippen LogP contribution is 2.47. The van der Waals surface area contributed by atoms with Gasteiger partial charge in [-0.3, -0.25) is 15.4 Å². The lowest BCUT2D eigenvalue weighted by Crippen LogP contribution is -2.41. The number of halogens is 14. The summed E-state index contributed by atoms with van der Waals surface area (Å²) in [5, 5.41) is 12.1. The second-order valence-corrected chi connectivity index (χ2v) is 42.1. The Bertz CT molecular complexity index is 6010. The van der Waals surface area contributed by atoms with Crippen molar-refractivity contribution >= 4 is 143 Å². The maximum absolute atomic E-state index is 13.3. The lowest BCUT2D eigenvalue weighted by atomic mass is 9.71. The Kier molecular flexibility index (Phi) is 41.2. The van der Waals surface area contributed by atoms with Crippen molar-refractivity contribution in [1.82, 2.24) is 19.0 Å². The van der Waals surface area contributed by atoms with Crippen molar-refractivity contribution in [3.05, 3.63) is 284 Å². The van der Waals surface area contributed by atoms with Gasteiger partial charge >= 0.3 is 19.3 Å². The average Bonchev–Trinajstić information content (AvgIpc) is 1.62. The number of aryl methyl sites for hydroxylation is 2. The number of imidazole rings is 1. The molecule has 0 bridgehead atoms. The number of nitrogens with two attached hydrogens (primary N) is 1. The number of sulfonamides is 2. The summed E-state index contributed by atoms with van der Waals surface area (Å²) in [6.07, 6.45) is 22.9. The number of nitrogens with one attached hydrogen (secondary N) is 2. The van der Waals surface area contributed by atoms with Crippen LogP contribution < -0.4 is 15.5 Å². The van der Waals surface area contributed by atoms with Crippen LogP contribution in [0.25, 0.3) is 11.1 Å². The second kappa shape index (κ2) is 50.6. The number of pyridine rings is 1. The number of carbonyl (C=O) groups is 3. The van der Waals surface area contributed by atoms with Crippen LogP contribution in [0.4, 0.5) is 35.1 Å². The van der Waals surface area contributed by atoms with E-state index >= 15 is 0 Å². The highest BCUT2D eigenvalue weighted by molar-refractivity contribution is 14.1. The number of rotatable bonds is 12. The number of hydrogen-bond donors (Lipinski definition) is 4. The minimum Gasteiger partial charge on any atom is -0.475 e. The van der Waals surface area contributed by atoms with E-state index in [4.69, 9.17) is 111 Å². The van der Waals surface area contributed by atoms with Crippen molar-refractivity contribution < 1.29 is 109 Å². The first-order chi connectivity index (χ1) is 65.3. The topological polar surface area (TPSA) is 293 Å². The molecular formula is C100H113BCl5F8IN6O16S2. The normalized spacial score (nSPS) is 19.4. The molecule has 4 saturated heterocycles. The molecule has 7 aromatic carbocycles. The Morgan fingerprint density at radius 2 is 0.950 bits per heavy atom. The van der Waals surface area contributed by atoms with Crippen molar-refractivity contribution in [2.24, 2.45) is 10.9 Å². The molecule has 6 aliphatic carbocycles. The Morgan fingerprint density at radius 1 is 0.540 bits per heavy atom. The van der Waals surface area contributed by atoms with E-state index in [1.54, 1.807) is 108 Å². The molecule has 3 spiro atoms. The van der Waals surface area contributed by atoms with E-state index in [0.29, 0.717) is 88.9 Å². The smallest absolute Gasteiger partial charge is 0.475 e. The summed E-state index contributed by atoms with van der Waals surface area (Å²) >= 11 is 30.7. The number of carbonyl (C=O) groups excluding carboxylic acids is 2. The number of ketones is 1. The van der Waals surface area contributed by atoms with Gasteiger partial charge in [0.05, 0.1) is 104 Å². The number of carboxylic acid groups (broad SMARTS) is 1. The number of ether oxygens (including phenoxy) is 6. The molecule has 10 aliphatic rings. The van der Waals surface area contributed by atoms with E-state index in [2.05, 4.69) is 77.4 Å². The van der Waals surface area contributed by atoms with Crippen molar-refractivity contribution in [3.8, 4) is 0 Å². The number of aromatic nitrogens is 2. The largest absolute Gasteiger partial charge is 0.490 e. The molecular weight excluding hydrogens is 2070 g/mol. The van der Waals surface area contributed by atoms with Crippen LogP contribution in [0, 0.1) is 46.5 Å². The Labute approximate surface area is 844 Å². The first-order valence-corrected chi connectivity index (χ1v) is 50.9. The van der Waals surface area contributed by atoms with Gasteiger partial charge in [0.2, 0.25) is 0 Å². The fraction of sp³-hybridized carbons (Fsp3) is 0.430.